The Morgan fingerprint density at radius 3 is 2.33 bits per heavy atom. The van der Waals surface area contributed by atoms with Crippen molar-refractivity contribution in [3.8, 4) is 0 Å². The second-order valence-electron chi connectivity index (χ2n) is 7.88. The Balaban J connectivity index is 1.54. The number of aliphatic hydroxyl groups is 1. The van der Waals surface area contributed by atoms with E-state index in [4.69, 9.17) is 4.74 Å². The number of nitrogens with zero attached hydrogens (tertiary/aromatic N) is 2. The highest BCUT2D eigenvalue weighted by atomic mass is 16.5. The minimum absolute atomic E-state index is 0.0387. The quantitative estimate of drug-likeness (QED) is 0.852. The summed E-state index contributed by atoms with van der Waals surface area (Å²) in [5.41, 5.74) is -0.0577. The molecule has 5 heteroatoms. The lowest BCUT2D eigenvalue weighted by atomic mass is 9.58. The topological polar surface area (TPSA) is 53.0 Å². The first kappa shape index (κ1) is 18.2. The predicted octanol–water partition coefficient (Wildman–Crippen LogP) is 2.03. The lowest BCUT2D eigenvalue weighted by Gasteiger charge is -2.57. The van der Waals surface area contributed by atoms with Gasteiger partial charge >= 0.3 is 0 Å². The molecule has 2 heterocycles. The molecule has 0 aromatic rings. The van der Waals surface area contributed by atoms with Crippen LogP contribution in [0.15, 0.2) is 0 Å². The van der Waals surface area contributed by atoms with Crippen molar-refractivity contribution in [1.82, 2.24) is 9.80 Å². The first-order chi connectivity index (χ1) is 11.6. The number of likely N-dealkylation sites (tertiary alicyclic amines) is 2. The van der Waals surface area contributed by atoms with Crippen molar-refractivity contribution in [3.63, 3.8) is 0 Å². The van der Waals surface area contributed by atoms with E-state index in [-0.39, 0.29) is 23.7 Å². The molecule has 1 amide bonds. The molecule has 1 spiro atoms. The summed E-state index contributed by atoms with van der Waals surface area (Å²) in [6.45, 7) is 8.42. The summed E-state index contributed by atoms with van der Waals surface area (Å²) in [5, 5.41) is 10.3. The predicted molar refractivity (Wildman–Crippen MR) is 93.8 cm³/mol. The first-order valence-corrected chi connectivity index (χ1v) is 9.91. The van der Waals surface area contributed by atoms with Crippen molar-refractivity contribution in [2.45, 2.75) is 77.0 Å². The number of carbonyl (C=O) groups is 1. The van der Waals surface area contributed by atoms with Crippen LogP contribution in [-0.4, -0.2) is 71.8 Å². The Kier molecular flexibility index (Phi) is 5.83. The third-order valence-corrected chi connectivity index (χ3v) is 6.66. The maximum atomic E-state index is 12.8. The van der Waals surface area contributed by atoms with Crippen molar-refractivity contribution in [2.24, 2.45) is 5.41 Å². The smallest absolute Gasteiger partial charge is 0.239 e. The summed E-state index contributed by atoms with van der Waals surface area (Å²) in [7, 11) is 0. The van der Waals surface area contributed by atoms with Crippen molar-refractivity contribution in [2.75, 3.05) is 32.8 Å². The monoisotopic (exact) mass is 338 g/mol. The van der Waals surface area contributed by atoms with E-state index in [1.807, 2.05) is 6.92 Å². The van der Waals surface area contributed by atoms with Gasteiger partial charge in [0.25, 0.3) is 0 Å². The summed E-state index contributed by atoms with van der Waals surface area (Å²) in [6.07, 6.45) is 7.42. The molecule has 0 radical (unpaired) electrons. The number of ether oxygens (including phenoxy) is 1. The molecule has 0 unspecified atom stereocenters. The Bertz CT molecular complexity index is 424. The summed E-state index contributed by atoms with van der Waals surface area (Å²) in [4.78, 5) is 17.2. The van der Waals surface area contributed by atoms with Gasteiger partial charge in [0.2, 0.25) is 5.91 Å². The van der Waals surface area contributed by atoms with E-state index < -0.39 is 0 Å². The molecule has 2 saturated heterocycles. The van der Waals surface area contributed by atoms with Gasteiger partial charge in [0, 0.05) is 31.5 Å². The molecule has 24 heavy (non-hydrogen) atoms. The number of hydrogen-bond acceptors (Lipinski definition) is 4. The van der Waals surface area contributed by atoms with Crippen LogP contribution in [0.25, 0.3) is 0 Å². The summed E-state index contributed by atoms with van der Waals surface area (Å²) in [6, 6.07) is -0.0387. The molecule has 1 aliphatic carbocycles. The molecule has 2 aliphatic heterocycles. The molecule has 3 aliphatic rings. The van der Waals surface area contributed by atoms with E-state index in [0.29, 0.717) is 12.5 Å². The fourth-order valence-corrected chi connectivity index (χ4v) is 4.86. The van der Waals surface area contributed by atoms with Gasteiger partial charge in [-0.1, -0.05) is 12.8 Å². The standard InChI is InChI=1S/C19H34N2O3/c1-3-24-17-14-16(22)19(17)8-12-20(13-9-19)15(2)18(23)21-10-6-4-5-7-11-21/h15-17,22H,3-14H2,1-2H3/t15-,16+,17-/m1/s1. The number of rotatable bonds is 4. The SMILES string of the molecule is CCO[C@@H]1C[C@H](O)C12CCN([C@H](C)C(=O)N1CCCCCC1)CC2. The zero-order valence-electron chi connectivity index (χ0n) is 15.4. The van der Waals surface area contributed by atoms with Crippen molar-refractivity contribution < 1.29 is 14.6 Å². The van der Waals surface area contributed by atoms with E-state index in [9.17, 15) is 9.90 Å². The van der Waals surface area contributed by atoms with Crippen molar-refractivity contribution >= 4 is 5.91 Å². The van der Waals surface area contributed by atoms with E-state index in [1.165, 1.54) is 12.8 Å². The lowest BCUT2D eigenvalue weighted by Crippen LogP contribution is -2.63. The molecule has 0 aromatic carbocycles. The van der Waals surface area contributed by atoms with Crippen LogP contribution >= 0.6 is 0 Å². The van der Waals surface area contributed by atoms with Crippen LogP contribution in [0.5, 0.6) is 0 Å². The Labute approximate surface area is 146 Å². The number of piperidine rings is 1. The van der Waals surface area contributed by atoms with Crippen molar-refractivity contribution in [3.05, 3.63) is 0 Å². The molecule has 3 rings (SSSR count). The third-order valence-electron chi connectivity index (χ3n) is 6.66. The molecule has 3 atom stereocenters. The van der Waals surface area contributed by atoms with Gasteiger partial charge in [-0.2, -0.15) is 0 Å². The Morgan fingerprint density at radius 1 is 1.17 bits per heavy atom. The zero-order chi connectivity index (χ0) is 17.2. The average molecular weight is 338 g/mol. The van der Waals surface area contributed by atoms with Crippen molar-refractivity contribution in [1.29, 1.82) is 0 Å². The molecule has 138 valence electrons. The second-order valence-corrected chi connectivity index (χ2v) is 7.88. The third kappa shape index (κ3) is 3.35. The minimum Gasteiger partial charge on any atom is -0.392 e. The van der Waals surface area contributed by atoms with Crippen LogP contribution in [0.1, 0.15) is 58.8 Å². The van der Waals surface area contributed by atoms with Gasteiger partial charge in [-0.15, -0.1) is 0 Å². The lowest BCUT2D eigenvalue weighted by molar-refractivity contribution is -0.211. The van der Waals surface area contributed by atoms with Crippen LogP contribution in [0.4, 0.5) is 0 Å². The largest absolute Gasteiger partial charge is 0.392 e. The molecule has 3 fully saturated rings. The van der Waals surface area contributed by atoms with Crippen LogP contribution in [0, 0.1) is 5.41 Å². The minimum atomic E-state index is -0.229. The van der Waals surface area contributed by atoms with Gasteiger partial charge in [-0.05, 0) is 52.6 Å². The molecule has 5 nitrogen and oxygen atoms in total. The first-order valence-electron chi connectivity index (χ1n) is 9.91. The van der Waals surface area contributed by atoms with E-state index in [1.54, 1.807) is 0 Å². The molecule has 1 N–H and O–H groups in total. The molecular weight excluding hydrogens is 304 g/mol. The highest BCUT2D eigenvalue weighted by Gasteiger charge is 2.56. The van der Waals surface area contributed by atoms with Crippen LogP contribution in [-0.2, 0) is 9.53 Å². The Morgan fingerprint density at radius 2 is 1.79 bits per heavy atom. The number of aliphatic hydroxyl groups excluding tert-OH is 1. The normalized spacial score (nSPS) is 32.2. The Hall–Kier alpha value is -0.650. The second kappa shape index (κ2) is 7.71. The van der Waals surface area contributed by atoms with Crippen LogP contribution < -0.4 is 0 Å². The van der Waals surface area contributed by atoms with Gasteiger partial charge in [0.15, 0.2) is 0 Å². The maximum Gasteiger partial charge on any atom is 0.239 e. The highest BCUT2D eigenvalue weighted by Crippen LogP contribution is 2.51. The highest BCUT2D eigenvalue weighted by molar-refractivity contribution is 5.81. The fraction of sp³-hybridized carbons (Fsp3) is 0.947. The number of hydrogen-bond donors (Lipinski definition) is 1. The maximum absolute atomic E-state index is 12.8. The van der Waals surface area contributed by atoms with Gasteiger partial charge in [-0.3, -0.25) is 9.69 Å². The zero-order valence-corrected chi connectivity index (χ0v) is 15.4. The van der Waals surface area contributed by atoms with E-state index in [0.717, 1.165) is 58.3 Å². The fourth-order valence-electron chi connectivity index (χ4n) is 4.86. The summed E-state index contributed by atoms with van der Waals surface area (Å²) >= 11 is 0. The van der Waals surface area contributed by atoms with Gasteiger partial charge in [0.1, 0.15) is 0 Å². The van der Waals surface area contributed by atoms with Crippen LogP contribution in [0.3, 0.4) is 0 Å². The van der Waals surface area contributed by atoms with Gasteiger partial charge in [0.05, 0.1) is 18.2 Å². The van der Waals surface area contributed by atoms with E-state index in [2.05, 4.69) is 16.7 Å². The molecular formula is C19H34N2O3. The van der Waals surface area contributed by atoms with Crippen LogP contribution in [0.2, 0.25) is 0 Å². The van der Waals surface area contributed by atoms with Gasteiger partial charge in [-0.25, -0.2) is 0 Å². The summed E-state index contributed by atoms with van der Waals surface area (Å²) in [5.74, 6) is 0.295. The summed E-state index contributed by atoms with van der Waals surface area (Å²) < 4.78 is 5.84. The number of carbonyl (C=O) groups excluding carboxylic acids is 1. The molecule has 1 saturated carbocycles. The molecule has 0 aromatic heterocycles. The van der Waals surface area contributed by atoms with E-state index >= 15 is 0 Å². The number of amides is 1. The van der Waals surface area contributed by atoms with Gasteiger partial charge < -0.3 is 14.7 Å². The average Bonchev–Trinajstić information content (AvgIpc) is 2.90. The molecule has 0 bridgehead atoms.